The van der Waals surface area contributed by atoms with Crippen molar-refractivity contribution < 1.29 is 9.53 Å². The number of ether oxygens (including phenoxy) is 1. The van der Waals surface area contributed by atoms with Crippen LogP contribution in [-0.4, -0.2) is 59.0 Å². The van der Waals surface area contributed by atoms with Crippen LogP contribution in [0, 0.1) is 0 Å². The molecule has 0 unspecified atom stereocenters. The SMILES string of the molecule is CC[C@H]1c2cccn2CCN1C(=O)c1ccnc(OCCN(C)C)c1. The van der Waals surface area contributed by atoms with Gasteiger partial charge in [0.2, 0.25) is 5.88 Å². The van der Waals surface area contributed by atoms with Crippen molar-refractivity contribution in [2.24, 2.45) is 0 Å². The Bertz CT molecular complexity index is 726. The molecular weight excluding hydrogens is 316 g/mol. The van der Waals surface area contributed by atoms with Gasteiger partial charge in [0, 0.05) is 49.4 Å². The van der Waals surface area contributed by atoms with E-state index in [9.17, 15) is 4.79 Å². The van der Waals surface area contributed by atoms with Gasteiger partial charge >= 0.3 is 0 Å². The zero-order valence-electron chi connectivity index (χ0n) is 15.2. The first kappa shape index (κ1) is 17.5. The minimum absolute atomic E-state index is 0.0409. The lowest BCUT2D eigenvalue weighted by molar-refractivity contribution is 0.0617. The molecule has 0 saturated carbocycles. The van der Waals surface area contributed by atoms with Gasteiger partial charge in [-0.25, -0.2) is 4.98 Å². The molecule has 0 N–H and O–H groups in total. The highest BCUT2D eigenvalue weighted by Crippen LogP contribution is 2.30. The van der Waals surface area contributed by atoms with Crippen molar-refractivity contribution in [3.8, 4) is 5.88 Å². The summed E-state index contributed by atoms with van der Waals surface area (Å²) in [6.07, 6.45) is 4.63. The highest BCUT2D eigenvalue weighted by Gasteiger charge is 2.30. The molecule has 6 heteroatoms. The molecule has 25 heavy (non-hydrogen) atoms. The van der Waals surface area contributed by atoms with Crippen LogP contribution in [0.1, 0.15) is 35.4 Å². The maximum atomic E-state index is 13.1. The third kappa shape index (κ3) is 3.85. The molecule has 2 aromatic rings. The zero-order valence-corrected chi connectivity index (χ0v) is 15.2. The van der Waals surface area contributed by atoms with Gasteiger partial charge in [-0.2, -0.15) is 0 Å². The number of nitrogens with zero attached hydrogens (tertiary/aromatic N) is 4. The Morgan fingerprint density at radius 3 is 2.96 bits per heavy atom. The molecule has 134 valence electrons. The summed E-state index contributed by atoms with van der Waals surface area (Å²) in [7, 11) is 3.99. The van der Waals surface area contributed by atoms with E-state index < -0.39 is 0 Å². The summed E-state index contributed by atoms with van der Waals surface area (Å²) in [5, 5.41) is 0. The van der Waals surface area contributed by atoms with Crippen molar-refractivity contribution in [2.75, 3.05) is 33.8 Å². The van der Waals surface area contributed by atoms with Gasteiger partial charge in [-0.15, -0.1) is 0 Å². The van der Waals surface area contributed by atoms with Gasteiger partial charge in [0.1, 0.15) is 6.61 Å². The number of carbonyl (C=O) groups is 1. The standard InChI is InChI=1S/C19H26N4O2/c1-4-16-17-6-5-9-22(17)10-11-23(16)19(24)15-7-8-20-18(14-15)25-13-12-21(2)3/h5-9,14,16H,4,10-13H2,1-3H3/t16-/m0/s1. The number of carbonyl (C=O) groups excluding carboxylic acids is 1. The second-order valence-electron chi connectivity index (χ2n) is 6.58. The smallest absolute Gasteiger partial charge is 0.254 e. The zero-order chi connectivity index (χ0) is 17.8. The molecule has 0 radical (unpaired) electrons. The molecule has 0 bridgehead atoms. The predicted octanol–water partition coefficient (Wildman–Crippen LogP) is 2.43. The highest BCUT2D eigenvalue weighted by atomic mass is 16.5. The quantitative estimate of drug-likeness (QED) is 0.809. The van der Waals surface area contributed by atoms with Crippen molar-refractivity contribution in [3.05, 3.63) is 47.9 Å². The maximum Gasteiger partial charge on any atom is 0.254 e. The largest absolute Gasteiger partial charge is 0.476 e. The van der Waals surface area contributed by atoms with Crippen LogP contribution in [0.3, 0.4) is 0 Å². The number of likely N-dealkylation sites (N-methyl/N-ethyl adjacent to an activating group) is 1. The van der Waals surface area contributed by atoms with Crippen molar-refractivity contribution >= 4 is 5.91 Å². The van der Waals surface area contributed by atoms with Crippen molar-refractivity contribution in [3.63, 3.8) is 0 Å². The van der Waals surface area contributed by atoms with Crippen LogP contribution >= 0.6 is 0 Å². The summed E-state index contributed by atoms with van der Waals surface area (Å²) in [6, 6.07) is 7.78. The Morgan fingerprint density at radius 2 is 2.20 bits per heavy atom. The van der Waals surface area contributed by atoms with Gasteiger partial charge in [0.25, 0.3) is 5.91 Å². The predicted molar refractivity (Wildman–Crippen MR) is 96.8 cm³/mol. The number of aromatic nitrogens is 2. The number of amides is 1. The van der Waals surface area contributed by atoms with Crippen LogP contribution in [0.15, 0.2) is 36.7 Å². The fraction of sp³-hybridized carbons (Fsp3) is 0.474. The van der Waals surface area contributed by atoms with Crippen LogP contribution < -0.4 is 4.74 Å². The first-order valence-corrected chi connectivity index (χ1v) is 8.79. The van der Waals surface area contributed by atoms with Crippen molar-refractivity contribution in [1.29, 1.82) is 0 Å². The van der Waals surface area contributed by atoms with Crippen LogP contribution in [0.2, 0.25) is 0 Å². The van der Waals surface area contributed by atoms with Crippen molar-refractivity contribution in [2.45, 2.75) is 25.9 Å². The third-order valence-corrected chi connectivity index (χ3v) is 4.58. The molecule has 1 aliphatic heterocycles. The molecule has 2 aromatic heterocycles. The molecule has 0 aromatic carbocycles. The van der Waals surface area contributed by atoms with Gasteiger partial charge in [0.15, 0.2) is 0 Å². The lowest BCUT2D eigenvalue weighted by Crippen LogP contribution is -2.41. The van der Waals surface area contributed by atoms with Crippen molar-refractivity contribution in [1.82, 2.24) is 19.4 Å². The maximum absolute atomic E-state index is 13.1. The minimum atomic E-state index is 0.0409. The van der Waals surface area contributed by atoms with E-state index in [1.54, 1.807) is 18.3 Å². The van der Waals surface area contributed by atoms with Crippen LogP contribution in [0.4, 0.5) is 0 Å². The first-order chi connectivity index (χ1) is 12.1. The minimum Gasteiger partial charge on any atom is -0.476 e. The van der Waals surface area contributed by atoms with Gasteiger partial charge in [0.05, 0.1) is 6.04 Å². The Kier molecular flexibility index (Phi) is 5.38. The third-order valence-electron chi connectivity index (χ3n) is 4.58. The lowest BCUT2D eigenvalue weighted by Gasteiger charge is -2.36. The fourth-order valence-electron chi connectivity index (χ4n) is 3.26. The summed E-state index contributed by atoms with van der Waals surface area (Å²) < 4.78 is 7.90. The van der Waals surface area contributed by atoms with E-state index in [0.29, 0.717) is 18.1 Å². The van der Waals surface area contributed by atoms with Crippen LogP contribution in [0.25, 0.3) is 0 Å². The van der Waals surface area contributed by atoms with E-state index in [0.717, 1.165) is 26.1 Å². The van der Waals surface area contributed by atoms with E-state index >= 15 is 0 Å². The second-order valence-corrected chi connectivity index (χ2v) is 6.58. The molecule has 0 spiro atoms. The Morgan fingerprint density at radius 1 is 1.36 bits per heavy atom. The molecule has 3 heterocycles. The monoisotopic (exact) mass is 342 g/mol. The molecule has 0 saturated heterocycles. The molecule has 1 atom stereocenters. The molecule has 1 amide bonds. The average molecular weight is 342 g/mol. The Hall–Kier alpha value is -2.34. The van der Waals surface area contributed by atoms with Gasteiger partial charge in [-0.05, 0) is 38.7 Å². The highest BCUT2D eigenvalue weighted by molar-refractivity contribution is 5.94. The van der Waals surface area contributed by atoms with E-state index in [1.807, 2.05) is 23.9 Å². The summed E-state index contributed by atoms with van der Waals surface area (Å²) in [5.41, 5.74) is 1.84. The van der Waals surface area contributed by atoms with Crippen LogP contribution in [-0.2, 0) is 6.54 Å². The van der Waals surface area contributed by atoms with Gasteiger partial charge in [-0.1, -0.05) is 6.92 Å². The second kappa shape index (κ2) is 7.70. The van der Waals surface area contributed by atoms with Crippen LogP contribution in [0.5, 0.6) is 5.88 Å². The van der Waals surface area contributed by atoms with E-state index in [-0.39, 0.29) is 11.9 Å². The normalized spacial score (nSPS) is 16.8. The average Bonchev–Trinajstić information content (AvgIpc) is 3.09. The molecule has 6 nitrogen and oxygen atoms in total. The summed E-state index contributed by atoms with van der Waals surface area (Å²) in [5.74, 6) is 0.542. The number of rotatable bonds is 6. The van der Waals surface area contributed by atoms with E-state index in [4.69, 9.17) is 4.74 Å². The number of hydrogen-bond donors (Lipinski definition) is 0. The summed E-state index contributed by atoms with van der Waals surface area (Å²) in [6.45, 7) is 5.03. The number of hydrogen-bond acceptors (Lipinski definition) is 4. The summed E-state index contributed by atoms with van der Waals surface area (Å²) >= 11 is 0. The molecule has 1 aliphatic rings. The molecule has 3 rings (SSSR count). The van der Waals surface area contributed by atoms with E-state index in [2.05, 4.69) is 34.8 Å². The van der Waals surface area contributed by atoms with Gasteiger partial charge in [-0.3, -0.25) is 4.79 Å². The van der Waals surface area contributed by atoms with Gasteiger partial charge < -0.3 is 19.1 Å². The summed E-state index contributed by atoms with van der Waals surface area (Å²) in [4.78, 5) is 21.3. The van der Waals surface area contributed by atoms with E-state index in [1.165, 1.54) is 5.69 Å². The Balaban J connectivity index is 1.74. The Labute approximate surface area is 149 Å². The first-order valence-electron chi connectivity index (χ1n) is 8.79. The fourth-order valence-corrected chi connectivity index (χ4v) is 3.26. The number of pyridine rings is 1. The topological polar surface area (TPSA) is 50.6 Å². The molecular formula is C19H26N4O2. The number of fused-ring (bicyclic) bond motifs is 1. The molecule has 0 aliphatic carbocycles. The molecule has 0 fully saturated rings. The lowest BCUT2D eigenvalue weighted by atomic mass is 10.1.